The summed E-state index contributed by atoms with van der Waals surface area (Å²) in [6.45, 7) is 0. The van der Waals surface area contributed by atoms with E-state index in [-0.39, 0.29) is 11.6 Å². The van der Waals surface area contributed by atoms with Crippen molar-refractivity contribution in [2.24, 2.45) is 0 Å². The average molecular weight is 564 g/mol. The molecule has 14 heteroatoms. The zero-order valence-electron chi connectivity index (χ0n) is 19.2. The molecule has 0 saturated heterocycles. The van der Waals surface area contributed by atoms with E-state index in [0.717, 1.165) is 11.3 Å². The normalized spacial score (nSPS) is 14.3. The third-order valence-electron chi connectivity index (χ3n) is 6.23. The molecule has 0 saturated carbocycles. The van der Waals surface area contributed by atoms with E-state index in [1.165, 1.54) is 22.3 Å². The number of fused-ring (bicyclic) bond motifs is 1. The van der Waals surface area contributed by atoms with E-state index in [4.69, 9.17) is 28.5 Å². The Balaban J connectivity index is 1.36. The molecule has 0 bridgehead atoms. The van der Waals surface area contributed by atoms with Gasteiger partial charge >= 0.3 is 0 Å². The number of amides is 1. The number of H-pyrrole nitrogens is 1. The number of nitrogens with one attached hydrogen (secondary N) is 2. The average Bonchev–Trinajstić information content (AvgIpc) is 3.70. The van der Waals surface area contributed by atoms with Gasteiger partial charge in [0.1, 0.15) is 23.0 Å². The number of nitrogens with zero attached hydrogens (tertiary/aromatic N) is 7. The fraction of sp³-hybridized carbons (Fsp3) is 0.125. The van der Waals surface area contributed by atoms with Crippen molar-refractivity contribution >= 4 is 40.4 Å². The molecule has 1 amide bonds. The van der Waals surface area contributed by atoms with Crippen LogP contribution in [-0.2, 0) is 6.42 Å². The van der Waals surface area contributed by atoms with Crippen LogP contribution in [0.3, 0.4) is 0 Å². The molecule has 5 heterocycles. The molecule has 38 heavy (non-hydrogen) atoms. The van der Waals surface area contributed by atoms with Crippen molar-refractivity contribution in [1.29, 1.82) is 5.26 Å². The minimum absolute atomic E-state index is 0.191. The summed E-state index contributed by atoms with van der Waals surface area (Å²) in [7, 11) is 0. The summed E-state index contributed by atoms with van der Waals surface area (Å²) >= 11 is 13.9. The summed E-state index contributed by atoms with van der Waals surface area (Å²) in [6.07, 6.45) is 4.40. The standard InChI is InChI=1S/C24H15Cl2N9O2S/c25-13-1-3-16(34-11-29-32-33-34)15(9-13)12-7-14-2-4-17(35(14)20(36)8-12)23-30-21(22(26)31-23)18-5-6-19(38-18)24(37)28-10-27/h1,3,5-9,11,17H,2,4H2,(H,28,37)(H,30,31)/t17-/m0/s1. The Hall–Kier alpha value is -4.31. The molecule has 1 aliphatic rings. The molecular weight excluding hydrogens is 549 g/mol. The highest BCUT2D eigenvalue weighted by atomic mass is 35.5. The molecule has 0 aliphatic carbocycles. The van der Waals surface area contributed by atoms with Gasteiger partial charge in [0, 0.05) is 22.3 Å². The number of pyridine rings is 1. The lowest BCUT2D eigenvalue weighted by Crippen LogP contribution is -2.23. The van der Waals surface area contributed by atoms with Crippen molar-refractivity contribution < 1.29 is 4.79 Å². The van der Waals surface area contributed by atoms with Crippen LogP contribution in [0, 0.1) is 11.5 Å². The summed E-state index contributed by atoms with van der Waals surface area (Å²) in [4.78, 5) is 34.2. The summed E-state index contributed by atoms with van der Waals surface area (Å²) in [5.41, 5.74) is 3.26. The van der Waals surface area contributed by atoms with E-state index in [1.807, 2.05) is 6.07 Å². The fourth-order valence-electron chi connectivity index (χ4n) is 4.61. The minimum Gasteiger partial charge on any atom is -0.331 e. The molecular formula is C24H15Cl2N9O2S. The van der Waals surface area contributed by atoms with Crippen LogP contribution in [0.25, 0.3) is 27.4 Å². The van der Waals surface area contributed by atoms with Crippen molar-refractivity contribution in [2.75, 3.05) is 0 Å². The number of aryl methyl sites for hydroxylation is 1. The first kappa shape index (κ1) is 24.1. The minimum atomic E-state index is -0.495. The number of carbonyl (C=O) groups is 1. The molecule has 2 N–H and O–H groups in total. The summed E-state index contributed by atoms with van der Waals surface area (Å²) in [5.74, 6) is 0.0535. The van der Waals surface area contributed by atoms with Crippen molar-refractivity contribution in [3.05, 3.63) is 85.7 Å². The van der Waals surface area contributed by atoms with Crippen LogP contribution in [0.15, 0.2) is 53.6 Å². The van der Waals surface area contributed by atoms with Crippen LogP contribution in [0.4, 0.5) is 0 Å². The predicted molar refractivity (Wildman–Crippen MR) is 140 cm³/mol. The van der Waals surface area contributed by atoms with E-state index < -0.39 is 5.91 Å². The lowest BCUT2D eigenvalue weighted by atomic mass is 10.0. The number of thiophene rings is 1. The summed E-state index contributed by atoms with van der Waals surface area (Å²) < 4.78 is 3.23. The summed E-state index contributed by atoms with van der Waals surface area (Å²) in [6, 6.07) is 11.8. The molecule has 0 unspecified atom stereocenters. The second kappa shape index (κ2) is 9.53. The molecule has 0 fully saturated rings. The van der Waals surface area contributed by atoms with Gasteiger partial charge in [-0.1, -0.05) is 23.2 Å². The number of aromatic nitrogens is 7. The second-order valence-corrected chi connectivity index (χ2v) is 10.3. The lowest BCUT2D eigenvalue weighted by molar-refractivity contribution is 0.0977. The van der Waals surface area contributed by atoms with Gasteiger partial charge in [0.25, 0.3) is 11.5 Å². The molecule has 1 aliphatic heterocycles. The number of hydrogen-bond donors (Lipinski definition) is 2. The van der Waals surface area contributed by atoms with Gasteiger partial charge in [-0.15, -0.1) is 16.4 Å². The van der Waals surface area contributed by atoms with E-state index in [2.05, 4.69) is 30.8 Å². The van der Waals surface area contributed by atoms with Crippen LogP contribution >= 0.6 is 34.5 Å². The van der Waals surface area contributed by atoms with Gasteiger partial charge in [0.2, 0.25) is 0 Å². The van der Waals surface area contributed by atoms with Gasteiger partial charge in [-0.25, -0.2) is 4.98 Å². The van der Waals surface area contributed by atoms with E-state index in [0.29, 0.717) is 55.5 Å². The number of carbonyl (C=O) groups excluding carboxylic acids is 1. The molecule has 6 rings (SSSR count). The Labute approximate surface area is 228 Å². The monoisotopic (exact) mass is 563 g/mol. The Morgan fingerprint density at radius 2 is 2.08 bits per heavy atom. The van der Waals surface area contributed by atoms with Crippen molar-refractivity contribution in [3.8, 4) is 33.6 Å². The first-order valence-electron chi connectivity index (χ1n) is 11.3. The zero-order chi connectivity index (χ0) is 26.4. The Bertz CT molecular complexity index is 1800. The van der Waals surface area contributed by atoms with Gasteiger partial charge < -0.3 is 9.55 Å². The lowest BCUT2D eigenvalue weighted by Gasteiger charge is -2.14. The Morgan fingerprint density at radius 1 is 1.21 bits per heavy atom. The van der Waals surface area contributed by atoms with E-state index in [9.17, 15) is 9.59 Å². The third-order valence-corrected chi connectivity index (χ3v) is 7.82. The fourth-order valence-corrected chi connectivity index (χ4v) is 5.98. The highest BCUT2D eigenvalue weighted by Gasteiger charge is 2.29. The Kier molecular flexibility index (Phi) is 6.03. The number of rotatable bonds is 5. The molecule has 188 valence electrons. The van der Waals surface area contributed by atoms with Crippen LogP contribution < -0.4 is 10.9 Å². The summed E-state index contributed by atoms with van der Waals surface area (Å²) in [5, 5.41) is 23.0. The molecule has 0 spiro atoms. The van der Waals surface area contributed by atoms with Gasteiger partial charge in [-0.3, -0.25) is 14.9 Å². The van der Waals surface area contributed by atoms with Crippen LogP contribution in [0.5, 0.6) is 0 Å². The maximum Gasteiger partial charge on any atom is 0.274 e. The quantitative estimate of drug-likeness (QED) is 0.242. The third kappa shape index (κ3) is 4.16. The number of halogens is 2. The first-order chi connectivity index (χ1) is 18.4. The van der Waals surface area contributed by atoms with Gasteiger partial charge in [-0.2, -0.15) is 9.94 Å². The number of nitriles is 1. The van der Waals surface area contributed by atoms with Gasteiger partial charge in [0.15, 0.2) is 6.19 Å². The zero-order valence-corrected chi connectivity index (χ0v) is 21.5. The number of imidazole rings is 1. The first-order valence-corrected chi connectivity index (χ1v) is 12.8. The Morgan fingerprint density at radius 3 is 2.87 bits per heavy atom. The number of benzene rings is 1. The maximum absolute atomic E-state index is 13.4. The second-order valence-electron chi connectivity index (χ2n) is 8.43. The smallest absolute Gasteiger partial charge is 0.274 e. The predicted octanol–water partition coefficient (Wildman–Crippen LogP) is 4.00. The molecule has 1 aromatic carbocycles. The van der Waals surface area contributed by atoms with Crippen molar-refractivity contribution in [1.82, 2.24) is 40.1 Å². The SMILES string of the molecule is N#CNC(=O)c1ccc(-c2nc([C@@H]3CCc4cc(-c5cc(Cl)ccc5-n5cnnn5)cc(=O)n43)[nH]c2Cl)s1. The molecule has 5 aromatic rings. The van der Waals surface area contributed by atoms with Crippen LogP contribution in [-0.4, -0.2) is 40.6 Å². The molecule has 11 nitrogen and oxygen atoms in total. The maximum atomic E-state index is 13.4. The molecule has 1 atom stereocenters. The van der Waals surface area contributed by atoms with Gasteiger partial charge in [0.05, 0.1) is 21.5 Å². The van der Waals surface area contributed by atoms with E-state index >= 15 is 0 Å². The number of tetrazole rings is 1. The number of aromatic amines is 1. The highest BCUT2D eigenvalue weighted by Crippen LogP contribution is 2.37. The van der Waals surface area contributed by atoms with Gasteiger partial charge in [-0.05, 0) is 65.2 Å². The van der Waals surface area contributed by atoms with Crippen molar-refractivity contribution in [2.45, 2.75) is 18.9 Å². The highest BCUT2D eigenvalue weighted by molar-refractivity contribution is 7.17. The number of hydrogen-bond acceptors (Lipinski definition) is 8. The van der Waals surface area contributed by atoms with Crippen LogP contribution in [0.1, 0.15) is 33.7 Å². The van der Waals surface area contributed by atoms with Crippen molar-refractivity contribution in [3.63, 3.8) is 0 Å². The molecule has 4 aromatic heterocycles. The molecule has 0 radical (unpaired) electrons. The van der Waals surface area contributed by atoms with Crippen LogP contribution in [0.2, 0.25) is 10.2 Å². The van der Waals surface area contributed by atoms with E-state index in [1.54, 1.807) is 47.2 Å². The largest absolute Gasteiger partial charge is 0.331 e. The topological polar surface area (TPSA) is 147 Å².